The van der Waals surface area contributed by atoms with E-state index >= 15 is 0 Å². The van der Waals surface area contributed by atoms with E-state index in [4.69, 9.17) is 5.11 Å². The topological polar surface area (TPSA) is 86.7 Å². The van der Waals surface area contributed by atoms with E-state index in [1.54, 1.807) is 5.32 Å². The van der Waals surface area contributed by atoms with Gasteiger partial charge in [0.05, 0.1) is 5.56 Å². The second-order valence-corrected chi connectivity index (χ2v) is 5.22. The van der Waals surface area contributed by atoms with Crippen LogP contribution in [0.4, 0.5) is 23.7 Å². The highest BCUT2D eigenvalue weighted by Gasteiger charge is 2.38. The lowest BCUT2D eigenvalue weighted by atomic mass is 10.2. The van der Waals surface area contributed by atoms with Gasteiger partial charge in [-0.2, -0.15) is 13.2 Å². The van der Waals surface area contributed by atoms with Gasteiger partial charge in [-0.1, -0.05) is 0 Å². The lowest BCUT2D eigenvalue weighted by Crippen LogP contribution is -2.30. The second-order valence-electron chi connectivity index (χ2n) is 4.23. The van der Waals surface area contributed by atoms with Crippen molar-refractivity contribution in [1.29, 1.82) is 0 Å². The summed E-state index contributed by atoms with van der Waals surface area (Å²) in [7, 11) is 2.93. The predicted molar refractivity (Wildman–Crippen MR) is 73.0 cm³/mol. The van der Waals surface area contributed by atoms with Crippen molar-refractivity contribution in [2.75, 3.05) is 19.4 Å². The molecule has 6 nitrogen and oxygen atoms in total. The molecule has 22 heavy (non-hydrogen) atoms. The normalized spacial score (nSPS) is 11.0. The van der Waals surface area contributed by atoms with Crippen LogP contribution in [0.2, 0.25) is 0 Å². The zero-order valence-electron chi connectivity index (χ0n) is 11.4. The molecule has 0 saturated heterocycles. The van der Waals surface area contributed by atoms with Gasteiger partial charge in [0.2, 0.25) is 0 Å². The van der Waals surface area contributed by atoms with Gasteiger partial charge in [0.25, 0.3) is 5.24 Å². The number of nitrogens with zero attached hydrogens (tertiary/aromatic N) is 1. The molecule has 2 N–H and O–H groups in total. The maximum atomic E-state index is 12.2. The lowest BCUT2D eigenvalue weighted by Gasteiger charge is -2.12. The highest BCUT2D eigenvalue weighted by atomic mass is 32.2. The van der Waals surface area contributed by atoms with Crippen molar-refractivity contribution in [3.05, 3.63) is 23.8 Å². The number of carbonyl (C=O) groups is 3. The Kier molecular flexibility index (Phi) is 5.42. The Labute approximate surface area is 127 Å². The zero-order chi connectivity index (χ0) is 17.1. The first-order chi connectivity index (χ1) is 10.0. The summed E-state index contributed by atoms with van der Waals surface area (Å²) >= 11 is 0.611. The Morgan fingerprint density at radius 3 is 2.27 bits per heavy atom. The number of carboxylic acids is 1. The average molecular weight is 336 g/mol. The minimum atomic E-state index is -5.09. The van der Waals surface area contributed by atoms with E-state index in [9.17, 15) is 27.6 Å². The SMILES string of the molecule is CN(C)C(=O)Sc1ccc(NC(=O)C(F)(F)F)cc1C(=O)O. The van der Waals surface area contributed by atoms with Gasteiger partial charge in [0.15, 0.2) is 0 Å². The maximum absolute atomic E-state index is 12.2. The Bertz CT molecular complexity index is 617. The summed E-state index contributed by atoms with van der Waals surface area (Å²) in [4.78, 5) is 34.8. The van der Waals surface area contributed by atoms with Crippen LogP contribution in [-0.4, -0.2) is 47.4 Å². The molecule has 1 rings (SSSR count). The van der Waals surface area contributed by atoms with E-state index in [0.29, 0.717) is 11.8 Å². The number of rotatable bonds is 3. The fourth-order valence-electron chi connectivity index (χ4n) is 1.25. The summed E-state index contributed by atoms with van der Waals surface area (Å²) in [5, 5.41) is 10.2. The lowest BCUT2D eigenvalue weighted by molar-refractivity contribution is -0.167. The van der Waals surface area contributed by atoms with Crippen LogP contribution in [0, 0.1) is 0 Å². The summed E-state index contributed by atoms with van der Waals surface area (Å²) in [5.41, 5.74) is -0.721. The van der Waals surface area contributed by atoms with Crippen molar-refractivity contribution in [1.82, 2.24) is 4.90 Å². The molecule has 10 heteroatoms. The van der Waals surface area contributed by atoms with Crippen molar-refractivity contribution in [2.24, 2.45) is 0 Å². The largest absolute Gasteiger partial charge is 0.478 e. The van der Waals surface area contributed by atoms with Crippen LogP contribution in [0.1, 0.15) is 10.4 Å². The number of hydrogen-bond donors (Lipinski definition) is 2. The summed E-state index contributed by atoms with van der Waals surface area (Å²) in [6, 6.07) is 3.10. The van der Waals surface area contributed by atoms with Gasteiger partial charge < -0.3 is 15.3 Å². The van der Waals surface area contributed by atoms with Gasteiger partial charge in [-0.25, -0.2) is 4.79 Å². The quantitative estimate of drug-likeness (QED) is 0.829. The number of thioether (sulfide) groups is 1. The van der Waals surface area contributed by atoms with Crippen LogP contribution >= 0.6 is 11.8 Å². The predicted octanol–water partition coefficient (Wildman–Crippen LogP) is 2.66. The molecule has 120 valence electrons. The number of anilines is 1. The second kappa shape index (κ2) is 6.69. The minimum Gasteiger partial charge on any atom is -0.478 e. The summed E-state index contributed by atoms with van der Waals surface area (Å²) in [5.74, 6) is -3.65. The van der Waals surface area contributed by atoms with E-state index in [2.05, 4.69) is 0 Å². The molecular formula is C12H11F3N2O4S. The molecule has 0 unspecified atom stereocenters. The molecule has 0 saturated carbocycles. The van der Waals surface area contributed by atoms with E-state index in [-0.39, 0.29) is 16.1 Å². The van der Waals surface area contributed by atoms with Crippen molar-refractivity contribution in [3.8, 4) is 0 Å². The van der Waals surface area contributed by atoms with Gasteiger partial charge in [-0.15, -0.1) is 0 Å². The molecular weight excluding hydrogens is 325 g/mol. The minimum absolute atomic E-state index is 0.0520. The molecule has 0 radical (unpaired) electrons. The third-order valence-electron chi connectivity index (χ3n) is 2.29. The highest BCUT2D eigenvalue weighted by Crippen LogP contribution is 2.28. The van der Waals surface area contributed by atoms with E-state index in [1.807, 2.05) is 0 Å². The number of amides is 2. The van der Waals surface area contributed by atoms with Crippen LogP contribution in [0.25, 0.3) is 0 Å². The maximum Gasteiger partial charge on any atom is 0.471 e. The molecule has 1 aromatic carbocycles. The Morgan fingerprint density at radius 2 is 1.82 bits per heavy atom. The van der Waals surface area contributed by atoms with Crippen LogP contribution in [0.5, 0.6) is 0 Å². The van der Waals surface area contributed by atoms with Gasteiger partial charge >= 0.3 is 18.1 Å². The number of alkyl halides is 3. The number of carboxylic acid groups (broad SMARTS) is 1. The fourth-order valence-corrected chi connectivity index (χ4v) is 2.01. The zero-order valence-corrected chi connectivity index (χ0v) is 12.2. The number of carbonyl (C=O) groups excluding carboxylic acids is 2. The number of aromatic carboxylic acids is 1. The molecule has 0 fully saturated rings. The molecule has 0 heterocycles. The monoisotopic (exact) mass is 336 g/mol. The van der Waals surface area contributed by atoms with E-state index < -0.39 is 23.3 Å². The first kappa shape index (κ1) is 17.8. The summed E-state index contributed by atoms with van der Waals surface area (Å²) in [6.45, 7) is 0. The van der Waals surface area contributed by atoms with Crippen LogP contribution < -0.4 is 5.32 Å². The number of halogens is 3. The van der Waals surface area contributed by atoms with Gasteiger partial charge in [-0.3, -0.25) is 9.59 Å². The van der Waals surface area contributed by atoms with Crippen molar-refractivity contribution < 1.29 is 32.7 Å². The molecule has 0 aliphatic heterocycles. The Balaban J connectivity index is 3.07. The van der Waals surface area contributed by atoms with Crippen molar-refractivity contribution >= 4 is 34.6 Å². The summed E-state index contributed by atoms with van der Waals surface area (Å²) < 4.78 is 36.5. The molecule has 0 aromatic heterocycles. The van der Waals surface area contributed by atoms with Crippen molar-refractivity contribution in [3.63, 3.8) is 0 Å². The Hall–Kier alpha value is -2.23. The van der Waals surface area contributed by atoms with Crippen LogP contribution in [-0.2, 0) is 4.79 Å². The highest BCUT2D eigenvalue weighted by molar-refractivity contribution is 8.13. The third kappa shape index (κ3) is 4.65. The first-order valence-electron chi connectivity index (χ1n) is 5.67. The summed E-state index contributed by atoms with van der Waals surface area (Å²) in [6.07, 6.45) is -5.09. The van der Waals surface area contributed by atoms with Crippen molar-refractivity contribution in [2.45, 2.75) is 11.1 Å². The average Bonchev–Trinajstić information content (AvgIpc) is 2.38. The van der Waals surface area contributed by atoms with Crippen LogP contribution in [0.15, 0.2) is 23.1 Å². The third-order valence-corrected chi connectivity index (χ3v) is 3.40. The number of benzene rings is 1. The molecule has 0 aliphatic rings. The van der Waals surface area contributed by atoms with Gasteiger partial charge in [-0.05, 0) is 30.0 Å². The molecule has 0 aliphatic carbocycles. The molecule has 2 amide bonds. The molecule has 1 aromatic rings. The molecule has 0 spiro atoms. The Morgan fingerprint density at radius 1 is 1.23 bits per heavy atom. The standard InChI is InChI=1S/C12H11F3N2O4S/c1-17(2)11(21)22-8-4-3-6(5-7(8)9(18)19)16-10(20)12(13,14)15/h3-5H,1-2H3,(H,16,20)(H,18,19). The fraction of sp³-hybridized carbons (Fsp3) is 0.250. The smallest absolute Gasteiger partial charge is 0.471 e. The van der Waals surface area contributed by atoms with E-state index in [0.717, 1.165) is 18.2 Å². The number of nitrogens with one attached hydrogen (secondary N) is 1. The van der Waals surface area contributed by atoms with E-state index in [1.165, 1.54) is 19.0 Å². The molecule has 0 atom stereocenters. The first-order valence-corrected chi connectivity index (χ1v) is 6.48. The van der Waals surface area contributed by atoms with Gasteiger partial charge in [0.1, 0.15) is 0 Å². The number of hydrogen-bond acceptors (Lipinski definition) is 4. The molecule has 0 bridgehead atoms. The van der Waals surface area contributed by atoms with Crippen LogP contribution in [0.3, 0.4) is 0 Å². The van der Waals surface area contributed by atoms with Gasteiger partial charge in [0, 0.05) is 24.7 Å².